The van der Waals surface area contributed by atoms with E-state index in [0.29, 0.717) is 23.0 Å². The molecule has 5 atom stereocenters. The summed E-state index contributed by atoms with van der Waals surface area (Å²) in [7, 11) is 5.96. The van der Waals surface area contributed by atoms with Gasteiger partial charge in [-0.2, -0.15) is 0 Å². The summed E-state index contributed by atoms with van der Waals surface area (Å²) in [5, 5.41) is 10.5. The first-order valence-corrected chi connectivity index (χ1v) is 15.4. The number of aliphatic hydroxyl groups excluding tert-OH is 1. The Balaban J connectivity index is 1.54. The second-order valence-corrected chi connectivity index (χ2v) is 10.8. The molecule has 0 aliphatic carbocycles. The van der Waals surface area contributed by atoms with Gasteiger partial charge in [-0.05, 0) is 97.1 Å². The summed E-state index contributed by atoms with van der Waals surface area (Å²) in [5.41, 5.74) is 0.377. The monoisotopic (exact) mass is 688 g/mol. The molecule has 1 aliphatic heterocycles. The molecule has 0 aromatic heterocycles. The first-order chi connectivity index (χ1) is 24.3. The van der Waals surface area contributed by atoms with Crippen LogP contribution in [0.1, 0.15) is 31.1 Å². The van der Waals surface area contributed by atoms with Crippen molar-refractivity contribution in [3.8, 4) is 28.7 Å². The van der Waals surface area contributed by atoms with E-state index in [2.05, 4.69) is 0 Å². The highest BCUT2D eigenvalue weighted by molar-refractivity contribution is 5.91. The fourth-order valence-corrected chi connectivity index (χ4v) is 5.07. The molecular weight excluding hydrogens is 652 g/mol. The second kappa shape index (κ2) is 16.5. The lowest BCUT2D eigenvalue weighted by molar-refractivity contribution is -0.275. The smallest absolute Gasteiger partial charge is 0.338 e. The van der Waals surface area contributed by atoms with Crippen molar-refractivity contribution in [1.82, 2.24) is 0 Å². The van der Waals surface area contributed by atoms with Gasteiger partial charge in [-0.3, -0.25) is 0 Å². The maximum Gasteiger partial charge on any atom is 0.338 e. The summed E-state index contributed by atoms with van der Waals surface area (Å²) in [5.74, 6) is -0.190. The van der Waals surface area contributed by atoms with Gasteiger partial charge in [-0.1, -0.05) is 0 Å². The van der Waals surface area contributed by atoms with Gasteiger partial charge >= 0.3 is 17.9 Å². The number of esters is 3. The lowest BCUT2D eigenvalue weighted by Crippen LogP contribution is -2.63. The molecule has 0 spiro atoms. The molecule has 50 heavy (non-hydrogen) atoms. The van der Waals surface area contributed by atoms with Gasteiger partial charge in [-0.15, -0.1) is 0 Å². The molecule has 262 valence electrons. The number of ether oxygens (including phenoxy) is 9. The molecule has 0 radical (unpaired) electrons. The van der Waals surface area contributed by atoms with Gasteiger partial charge in [-0.25, -0.2) is 14.4 Å². The van der Waals surface area contributed by atoms with E-state index in [1.807, 2.05) is 0 Å². The first kappa shape index (κ1) is 35.5. The number of rotatable bonds is 13. The largest absolute Gasteiger partial charge is 0.497 e. The second-order valence-electron chi connectivity index (χ2n) is 10.8. The number of methoxy groups -OCH3 is 4. The molecule has 1 saturated heterocycles. The number of carbonyl (C=O) groups excluding carboxylic acids is 3. The van der Waals surface area contributed by atoms with Gasteiger partial charge in [0.25, 0.3) is 0 Å². The maximum atomic E-state index is 13.7. The van der Waals surface area contributed by atoms with Crippen molar-refractivity contribution in [3.63, 3.8) is 0 Å². The Morgan fingerprint density at radius 3 is 1.18 bits per heavy atom. The molecule has 1 aliphatic rings. The van der Waals surface area contributed by atoms with Crippen molar-refractivity contribution in [3.05, 3.63) is 114 Å². The third-order valence-electron chi connectivity index (χ3n) is 7.79. The van der Waals surface area contributed by atoms with Crippen LogP contribution in [0.15, 0.2) is 97.1 Å². The summed E-state index contributed by atoms with van der Waals surface area (Å²) >= 11 is 0. The highest BCUT2D eigenvalue weighted by atomic mass is 16.7. The van der Waals surface area contributed by atoms with Crippen molar-refractivity contribution in [1.29, 1.82) is 0 Å². The van der Waals surface area contributed by atoms with Gasteiger partial charge in [0.15, 0.2) is 12.2 Å². The Kier molecular flexibility index (Phi) is 11.8. The minimum Gasteiger partial charge on any atom is -0.497 e. The molecule has 5 rings (SSSR count). The minimum atomic E-state index is -1.55. The molecule has 1 fully saturated rings. The highest BCUT2D eigenvalue weighted by Gasteiger charge is 2.53. The van der Waals surface area contributed by atoms with Crippen LogP contribution >= 0.6 is 0 Å². The fourth-order valence-electron chi connectivity index (χ4n) is 5.07. The van der Waals surface area contributed by atoms with Crippen LogP contribution in [0.25, 0.3) is 0 Å². The van der Waals surface area contributed by atoms with Gasteiger partial charge in [0.2, 0.25) is 12.4 Å². The van der Waals surface area contributed by atoms with Gasteiger partial charge in [0.05, 0.1) is 51.7 Å². The first-order valence-electron chi connectivity index (χ1n) is 15.4. The predicted octanol–water partition coefficient (Wildman–Crippen LogP) is 4.49. The van der Waals surface area contributed by atoms with Crippen LogP contribution in [-0.4, -0.2) is 88.8 Å². The summed E-state index contributed by atoms with van der Waals surface area (Å²) in [6.45, 7) is -0.696. The molecule has 0 bridgehead atoms. The number of aliphatic hydroxyl groups is 1. The van der Waals surface area contributed by atoms with Gasteiger partial charge in [0, 0.05) is 0 Å². The standard InChI is InChI=1S/C37H36O13/c1-42-25-11-5-22(6-12-25)34(39)48-31-30(21-38)47-37(46-29-19-17-28(45-4)18-20-29)33(50-36(41)24-9-15-27(44-3)16-10-24)32(31)49-35(40)23-7-13-26(43-2)14-8-23/h5-20,30-33,37-38H,21H2,1-4H3/t30-,31+,32+,33-,37-/m1/s1. The summed E-state index contributed by atoms with van der Waals surface area (Å²) in [4.78, 5) is 40.7. The number of benzene rings is 4. The molecule has 1 heterocycles. The third-order valence-corrected chi connectivity index (χ3v) is 7.79. The maximum absolute atomic E-state index is 13.7. The quantitative estimate of drug-likeness (QED) is 0.155. The number of carbonyl (C=O) groups is 3. The molecule has 0 saturated carbocycles. The van der Waals surface area contributed by atoms with Crippen LogP contribution in [0.2, 0.25) is 0 Å². The zero-order chi connectivity index (χ0) is 35.6. The van der Waals surface area contributed by atoms with Crippen molar-refractivity contribution in [2.45, 2.75) is 30.7 Å². The predicted molar refractivity (Wildman–Crippen MR) is 176 cm³/mol. The normalized spacial score (nSPS) is 19.7. The number of hydrogen-bond acceptors (Lipinski definition) is 13. The van der Waals surface area contributed by atoms with E-state index >= 15 is 0 Å². The highest BCUT2D eigenvalue weighted by Crippen LogP contribution is 2.33. The summed E-state index contributed by atoms with van der Waals surface area (Å²) in [6.07, 6.45) is -7.34. The Hall–Kier alpha value is -5.79. The van der Waals surface area contributed by atoms with Crippen molar-refractivity contribution >= 4 is 17.9 Å². The van der Waals surface area contributed by atoms with Crippen LogP contribution < -0.4 is 23.7 Å². The topological polar surface area (TPSA) is 155 Å². The van der Waals surface area contributed by atoms with Crippen molar-refractivity contribution in [2.75, 3.05) is 35.0 Å². The zero-order valence-electron chi connectivity index (χ0n) is 27.7. The average Bonchev–Trinajstić information content (AvgIpc) is 3.16. The molecule has 0 unspecified atom stereocenters. The van der Waals surface area contributed by atoms with E-state index < -0.39 is 55.2 Å². The average molecular weight is 689 g/mol. The van der Waals surface area contributed by atoms with Crippen LogP contribution in [0, 0.1) is 0 Å². The Bertz CT molecular complexity index is 1720. The fraction of sp³-hybridized carbons (Fsp3) is 0.270. The molecule has 13 heteroatoms. The van der Waals surface area contributed by atoms with E-state index in [4.69, 9.17) is 42.6 Å². The Morgan fingerprint density at radius 1 is 0.500 bits per heavy atom. The zero-order valence-corrected chi connectivity index (χ0v) is 27.7. The molecule has 0 amide bonds. The lowest BCUT2D eigenvalue weighted by atomic mass is 9.97. The molecule has 4 aromatic rings. The van der Waals surface area contributed by atoms with Crippen LogP contribution in [0.5, 0.6) is 28.7 Å². The molecular formula is C37H36O13. The van der Waals surface area contributed by atoms with Crippen LogP contribution in [0.4, 0.5) is 0 Å². The lowest BCUT2D eigenvalue weighted by Gasteiger charge is -2.44. The summed E-state index contributed by atoms with van der Waals surface area (Å²) < 4.78 is 50.9. The Labute approximate surface area is 288 Å². The summed E-state index contributed by atoms with van der Waals surface area (Å²) in [6, 6.07) is 24.8. The Morgan fingerprint density at radius 2 is 0.820 bits per heavy atom. The van der Waals surface area contributed by atoms with Crippen LogP contribution in [-0.2, 0) is 18.9 Å². The number of hydrogen-bond donors (Lipinski definition) is 1. The van der Waals surface area contributed by atoms with E-state index in [0.717, 1.165) is 0 Å². The van der Waals surface area contributed by atoms with E-state index in [9.17, 15) is 19.5 Å². The van der Waals surface area contributed by atoms with Crippen molar-refractivity contribution < 1.29 is 62.1 Å². The molecule has 1 N–H and O–H groups in total. The van der Waals surface area contributed by atoms with Crippen LogP contribution in [0.3, 0.4) is 0 Å². The van der Waals surface area contributed by atoms with Crippen molar-refractivity contribution in [2.24, 2.45) is 0 Å². The van der Waals surface area contributed by atoms with E-state index in [1.165, 1.54) is 64.8 Å². The van der Waals surface area contributed by atoms with E-state index in [1.54, 1.807) is 60.7 Å². The van der Waals surface area contributed by atoms with Gasteiger partial charge < -0.3 is 47.7 Å². The third kappa shape index (κ3) is 8.43. The molecule has 13 nitrogen and oxygen atoms in total. The molecule has 4 aromatic carbocycles. The minimum absolute atomic E-state index is 0.117. The SMILES string of the molecule is COc1ccc(O[C@@H]2O[C@H](CO)[C@H](OC(=O)c3ccc(OC)cc3)[C@H](OC(=O)c3ccc(OC)cc3)[C@H]2OC(=O)c2ccc(OC)cc2)cc1. The van der Waals surface area contributed by atoms with E-state index in [-0.39, 0.29) is 22.4 Å². The van der Waals surface area contributed by atoms with Gasteiger partial charge in [0.1, 0.15) is 34.9 Å².